The van der Waals surface area contributed by atoms with Gasteiger partial charge in [-0.1, -0.05) is 12.8 Å². The molecule has 1 aliphatic carbocycles. The predicted octanol–water partition coefficient (Wildman–Crippen LogP) is 2.03. The Morgan fingerprint density at radius 2 is 2.05 bits per heavy atom. The molecule has 0 aliphatic heterocycles. The van der Waals surface area contributed by atoms with Gasteiger partial charge in [0, 0.05) is 19.2 Å². The minimum atomic E-state index is -1.14. The maximum absolute atomic E-state index is 11.3. The number of carboxylic acid groups (broad SMARTS) is 1. The van der Waals surface area contributed by atoms with Crippen LogP contribution >= 0.6 is 0 Å². The normalized spacial score (nSPS) is 21.8. The van der Waals surface area contributed by atoms with Crippen LogP contribution in [0.2, 0.25) is 0 Å². The molecule has 7 nitrogen and oxygen atoms in total. The molecule has 0 heterocycles. The fourth-order valence-electron chi connectivity index (χ4n) is 2.83. The molecule has 0 radical (unpaired) electrons. The highest BCUT2D eigenvalue weighted by atomic mass is 16.6. The Balaban J connectivity index is 2.41. The fraction of sp³-hybridized carbons (Fsp3) is 0.500. The monoisotopic (exact) mass is 294 g/mol. The van der Waals surface area contributed by atoms with E-state index in [4.69, 9.17) is 0 Å². The molecule has 1 aliphatic rings. The highest BCUT2D eigenvalue weighted by Gasteiger charge is 2.29. The van der Waals surface area contributed by atoms with Crippen LogP contribution in [0.25, 0.3) is 0 Å². The van der Waals surface area contributed by atoms with Crippen molar-refractivity contribution in [3.63, 3.8) is 0 Å². The molecule has 1 aromatic carbocycles. The zero-order chi connectivity index (χ0) is 15.6. The van der Waals surface area contributed by atoms with Gasteiger partial charge in [0.05, 0.1) is 28.3 Å². The van der Waals surface area contributed by atoms with E-state index in [2.05, 4.69) is 0 Å². The van der Waals surface area contributed by atoms with Gasteiger partial charge in [-0.2, -0.15) is 0 Å². The third kappa shape index (κ3) is 3.13. The number of nitrogens with zero attached hydrogens (tertiary/aromatic N) is 2. The van der Waals surface area contributed by atoms with E-state index in [0.717, 1.165) is 19.3 Å². The lowest BCUT2D eigenvalue weighted by molar-refractivity contribution is -0.384. The molecule has 0 saturated heterocycles. The number of benzene rings is 1. The number of aliphatic hydroxyl groups is 1. The number of likely N-dealkylation sites (N-methyl/N-ethyl adjacent to an activating group) is 1. The molecule has 7 heteroatoms. The fourth-order valence-corrected chi connectivity index (χ4v) is 2.83. The van der Waals surface area contributed by atoms with Crippen molar-refractivity contribution in [1.29, 1.82) is 0 Å². The highest BCUT2D eigenvalue weighted by molar-refractivity contribution is 5.95. The second-order valence-corrected chi connectivity index (χ2v) is 5.29. The van der Waals surface area contributed by atoms with E-state index in [1.54, 1.807) is 11.9 Å². The van der Waals surface area contributed by atoms with Gasteiger partial charge in [0.25, 0.3) is 5.69 Å². The molecule has 1 fully saturated rings. The molecular formula is C14H18N2O5. The Morgan fingerprint density at radius 1 is 1.38 bits per heavy atom. The first-order valence-corrected chi connectivity index (χ1v) is 6.84. The zero-order valence-corrected chi connectivity index (χ0v) is 11.7. The van der Waals surface area contributed by atoms with Crippen LogP contribution in [0.3, 0.4) is 0 Å². The largest absolute Gasteiger partial charge is 0.478 e. The standard InChI is InChI=1S/C14H18N2O5/c1-15(11-4-2-3-5-13(11)17)12-8-9(16(20)21)6-7-10(12)14(18)19/h6-8,11,13,17H,2-5H2,1H3,(H,18,19). The zero-order valence-electron chi connectivity index (χ0n) is 11.7. The quantitative estimate of drug-likeness (QED) is 0.650. The van der Waals surface area contributed by atoms with Gasteiger partial charge in [0.15, 0.2) is 0 Å². The van der Waals surface area contributed by atoms with E-state index >= 15 is 0 Å². The Labute approximate surface area is 122 Å². The first-order chi connectivity index (χ1) is 9.91. The van der Waals surface area contributed by atoms with Gasteiger partial charge in [0.1, 0.15) is 0 Å². The molecule has 0 bridgehead atoms. The third-order valence-corrected chi connectivity index (χ3v) is 3.99. The van der Waals surface area contributed by atoms with Crippen molar-refractivity contribution < 1.29 is 19.9 Å². The van der Waals surface area contributed by atoms with E-state index in [0.29, 0.717) is 6.42 Å². The summed E-state index contributed by atoms with van der Waals surface area (Å²) >= 11 is 0. The second kappa shape index (κ2) is 6.09. The van der Waals surface area contributed by atoms with Crippen molar-refractivity contribution in [2.24, 2.45) is 0 Å². The topological polar surface area (TPSA) is 104 Å². The van der Waals surface area contributed by atoms with Gasteiger partial charge >= 0.3 is 5.97 Å². The number of nitro groups is 1. The molecule has 2 rings (SSSR count). The summed E-state index contributed by atoms with van der Waals surface area (Å²) in [5.41, 5.74) is 0.107. The average molecular weight is 294 g/mol. The summed E-state index contributed by atoms with van der Waals surface area (Å²) in [6, 6.07) is 3.45. The van der Waals surface area contributed by atoms with Crippen molar-refractivity contribution in [2.45, 2.75) is 37.8 Å². The summed E-state index contributed by atoms with van der Waals surface area (Å²) < 4.78 is 0. The molecule has 0 amide bonds. The van der Waals surface area contributed by atoms with E-state index in [9.17, 15) is 25.1 Å². The number of carboxylic acids is 1. The number of rotatable bonds is 4. The molecule has 2 atom stereocenters. The molecule has 1 saturated carbocycles. The molecule has 0 spiro atoms. The number of anilines is 1. The predicted molar refractivity (Wildman–Crippen MR) is 76.7 cm³/mol. The number of hydrogen-bond donors (Lipinski definition) is 2. The average Bonchev–Trinajstić information content (AvgIpc) is 2.46. The van der Waals surface area contributed by atoms with Gasteiger partial charge in [0.2, 0.25) is 0 Å². The van der Waals surface area contributed by atoms with E-state index in [1.807, 2.05) is 0 Å². The summed E-state index contributed by atoms with van der Waals surface area (Å²) in [6.07, 6.45) is 2.73. The first-order valence-electron chi connectivity index (χ1n) is 6.84. The molecule has 2 unspecified atom stereocenters. The van der Waals surface area contributed by atoms with Crippen LogP contribution in [0, 0.1) is 10.1 Å². The Kier molecular flexibility index (Phi) is 4.42. The minimum Gasteiger partial charge on any atom is -0.478 e. The number of nitro benzene ring substituents is 1. The molecule has 1 aromatic rings. The lowest BCUT2D eigenvalue weighted by Gasteiger charge is -2.37. The van der Waals surface area contributed by atoms with E-state index in [-0.39, 0.29) is 23.0 Å². The van der Waals surface area contributed by atoms with Crippen molar-refractivity contribution in [2.75, 3.05) is 11.9 Å². The number of hydrogen-bond acceptors (Lipinski definition) is 5. The van der Waals surface area contributed by atoms with Crippen LogP contribution in [0.5, 0.6) is 0 Å². The van der Waals surface area contributed by atoms with E-state index < -0.39 is 17.0 Å². The third-order valence-electron chi connectivity index (χ3n) is 3.99. The number of aliphatic hydroxyl groups excluding tert-OH is 1. The van der Waals surface area contributed by atoms with Crippen LogP contribution in [0.4, 0.5) is 11.4 Å². The van der Waals surface area contributed by atoms with Crippen LogP contribution in [0.15, 0.2) is 18.2 Å². The smallest absolute Gasteiger partial charge is 0.337 e. The SMILES string of the molecule is CN(c1cc([N+](=O)[O-])ccc1C(=O)O)C1CCCCC1O. The Bertz CT molecular complexity index is 560. The van der Waals surface area contributed by atoms with Crippen molar-refractivity contribution in [3.8, 4) is 0 Å². The van der Waals surface area contributed by atoms with Gasteiger partial charge in [-0.15, -0.1) is 0 Å². The van der Waals surface area contributed by atoms with Crippen molar-refractivity contribution in [1.82, 2.24) is 0 Å². The van der Waals surface area contributed by atoms with Crippen LogP contribution in [-0.4, -0.2) is 40.3 Å². The Morgan fingerprint density at radius 3 is 2.62 bits per heavy atom. The summed E-state index contributed by atoms with van der Waals surface area (Å²) in [4.78, 5) is 23.3. The van der Waals surface area contributed by atoms with Crippen molar-refractivity contribution >= 4 is 17.3 Å². The van der Waals surface area contributed by atoms with Crippen molar-refractivity contribution in [3.05, 3.63) is 33.9 Å². The maximum atomic E-state index is 11.3. The molecule has 21 heavy (non-hydrogen) atoms. The summed E-state index contributed by atoms with van der Waals surface area (Å²) in [5.74, 6) is -1.14. The summed E-state index contributed by atoms with van der Waals surface area (Å²) in [5, 5.41) is 30.2. The molecule has 2 N–H and O–H groups in total. The van der Waals surface area contributed by atoms with Gasteiger partial charge in [-0.05, 0) is 18.9 Å². The van der Waals surface area contributed by atoms with Gasteiger partial charge < -0.3 is 15.1 Å². The Hall–Kier alpha value is -2.15. The minimum absolute atomic E-state index is 0.000809. The lowest BCUT2D eigenvalue weighted by Crippen LogP contribution is -2.44. The second-order valence-electron chi connectivity index (χ2n) is 5.29. The van der Waals surface area contributed by atoms with Crippen LogP contribution < -0.4 is 4.90 Å². The molecular weight excluding hydrogens is 276 g/mol. The summed E-state index contributed by atoms with van der Waals surface area (Å²) in [6.45, 7) is 0. The molecule has 0 aromatic heterocycles. The van der Waals surface area contributed by atoms with Gasteiger partial charge in [-0.3, -0.25) is 10.1 Å². The van der Waals surface area contributed by atoms with Gasteiger partial charge in [-0.25, -0.2) is 4.79 Å². The molecule has 114 valence electrons. The lowest BCUT2D eigenvalue weighted by atomic mass is 9.91. The highest BCUT2D eigenvalue weighted by Crippen LogP contribution is 2.31. The summed E-state index contributed by atoms with van der Waals surface area (Å²) in [7, 11) is 1.67. The number of aromatic carboxylic acids is 1. The van der Waals surface area contributed by atoms with Crippen LogP contribution in [-0.2, 0) is 0 Å². The number of non-ortho nitro benzene ring substituents is 1. The maximum Gasteiger partial charge on any atom is 0.337 e. The number of carbonyl (C=O) groups is 1. The van der Waals surface area contributed by atoms with Crippen LogP contribution in [0.1, 0.15) is 36.0 Å². The first kappa shape index (κ1) is 15.2. The van der Waals surface area contributed by atoms with E-state index in [1.165, 1.54) is 18.2 Å².